The van der Waals surface area contributed by atoms with E-state index < -0.39 is 5.97 Å². The van der Waals surface area contributed by atoms with Crippen LogP contribution in [0.2, 0.25) is 0 Å². The van der Waals surface area contributed by atoms with Crippen LogP contribution in [0, 0.1) is 46.8 Å². The zero-order valence-electron chi connectivity index (χ0n) is 16.9. The normalized spacial score (nSPS) is 47.7. The van der Waals surface area contributed by atoms with E-state index in [1.807, 2.05) is 0 Å². The van der Waals surface area contributed by atoms with Gasteiger partial charge in [-0.2, -0.15) is 0 Å². The molecule has 4 aliphatic rings. The Bertz CT molecular complexity index is 601. The van der Waals surface area contributed by atoms with Crippen LogP contribution in [0.5, 0.6) is 0 Å². The first-order valence-corrected chi connectivity index (χ1v) is 11.2. The second-order valence-corrected chi connectivity index (χ2v) is 10.5. The smallest absolute Gasteiger partial charge is 0.303 e. The second kappa shape index (κ2) is 7.17. The molecule has 4 aliphatic carbocycles. The Labute approximate surface area is 163 Å². The van der Waals surface area contributed by atoms with E-state index in [4.69, 9.17) is 5.11 Å². The first kappa shape index (κ1) is 19.4. The highest BCUT2D eigenvalue weighted by Gasteiger charge is 2.59. The molecular formula is C23H36O4. The molecule has 0 aliphatic heterocycles. The van der Waals surface area contributed by atoms with Gasteiger partial charge in [0, 0.05) is 18.8 Å². The topological polar surface area (TPSA) is 74.6 Å². The van der Waals surface area contributed by atoms with E-state index >= 15 is 0 Å². The molecule has 0 radical (unpaired) electrons. The number of aliphatic hydroxyl groups is 1. The first-order chi connectivity index (χ1) is 12.8. The van der Waals surface area contributed by atoms with E-state index in [1.165, 1.54) is 12.8 Å². The van der Waals surface area contributed by atoms with Gasteiger partial charge in [0.2, 0.25) is 0 Å². The average Bonchev–Trinajstić information content (AvgIpc) is 3.07. The zero-order chi connectivity index (χ0) is 19.3. The zero-order valence-corrected chi connectivity index (χ0v) is 16.9. The van der Waals surface area contributed by atoms with Crippen molar-refractivity contribution in [2.75, 3.05) is 0 Å². The van der Waals surface area contributed by atoms with Gasteiger partial charge >= 0.3 is 5.97 Å². The molecule has 4 rings (SSSR count). The van der Waals surface area contributed by atoms with Gasteiger partial charge in [-0.05, 0) is 92.3 Å². The maximum Gasteiger partial charge on any atom is 0.303 e. The van der Waals surface area contributed by atoms with Gasteiger partial charge in [-0.1, -0.05) is 13.8 Å². The highest BCUT2D eigenvalue weighted by molar-refractivity contribution is 5.83. The number of carboxylic acid groups (broad SMARTS) is 1. The van der Waals surface area contributed by atoms with E-state index in [2.05, 4.69) is 13.8 Å². The molecule has 0 bridgehead atoms. The van der Waals surface area contributed by atoms with Crippen LogP contribution in [0.25, 0.3) is 0 Å². The Hall–Kier alpha value is -0.900. The molecule has 9 atom stereocenters. The van der Waals surface area contributed by atoms with Crippen LogP contribution in [0.3, 0.4) is 0 Å². The molecule has 2 N–H and O–H groups in total. The molecule has 0 amide bonds. The molecule has 152 valence electrons. The molecule has 4 fully saturated rings. The maximum absolute atomic E-state index is 13.3. The molecule has 0 heterocycles. The van der Waals surface area contributed by atoms with Crippen LogP contribution in [0.4, 0.5) is 0 Å². The number of Topliss-reactive ketones (excluding diaryl/α,β-unsaturated/α-hetero) is 1. The van der Waals surface area contributed by atoms with Gasteiger partial charge in [0.15, 0.2) is 0 Å². The average molecular weight is 377 g/mol. The standard InChI is InChI=1S/C23H36O4/c1-13(3-8-21(26)27)16-6-7-18-17-5-4-14-11-15(24)9-10-23(14,2)19(17)12-20(25)22(16)18/h13-19,22,24H,3-12H2,1-2H3,(H,26,27)/t13?,14?,15?,16?,17-,18-,19-,22+,23-/m0/s1. The number of carboxylic acids is 1. The van der Waals surface area contributed by atoms with Gasteiger partial charge in [-0.3, -0.25) is 9.59 Å². The summed E-state index contributed by atoms with van der Waals surface area (Å²) in [7, 11) is 0. The molecule has 27 heavy (non-hydrogen) atoms. The Morgan fingerprint density at radius 1 is 1.19 bits per heavy atom. The van der Waals surface area contributed by atoms with Crippen molar-refractivity contribution < 1.29 is 19.8 Å². The fraction of sp³-hybridized carbons (Fsp3) is 0.913. The van der Waals surface area contributed by atoms with E-state index in [0.717, 1.165) is 38.5 Å². The van der Waals surface area contributed by atoms with Crippen molar-refractivity contribution in [1.82, 2.24) is 0 Å². The third-order valence-electron chi connectivity index (χ3n) is 9.36. The van der Waals surface area contributed by atoms with E-state index in [-0.39, 0.29) is 23.9 Å². The van der Waals surface area contributed by atoms with Crippen LogP contribution < -0.4 is 0 Å². The summed E-state index contributed by atoms with van der Waals surface area (Å²) in [6, 6.07) is 0. The summed E-state index contributed by atoms with van der Waals surface area (Å²) in [5.74, 6) is 2.93. The van der Waals surface area contributed by atoms with Gasteiger partial charge < -0.3 is 10.2 Å². The van der Waals surface area contributed by atoms with Crippen LogP contribution >= 0.6 is 0 Å². The van der Waals surface area contributed by atoms with Crippen molar-refractivity contribution in [2.45, 2.75) is 84.2 Å². The van der Waals surface area contributed by atoms with Crippen molar-refractivity contribution in [3.8, 4) is 0 Å². The molecular weight excluding hydrogens is 340 g/mol. The Kier molecular flexibility index (Phi) is 5.15. The van der Waals surface area contributed by atoms with Gasteiger partial charge in [-0.25, -0.2) is 0 Å². The number of aliphatic hydroxyl groups excluding tert-OH is 1. The lowest BCUT2D eigenvalue weighted by Crippen LogP contribution is -2.54. The Balaban J connectivity index is 1.51. The number of carbonyl (C=O) groups is 2. The third kappa shape index (κ3) is 3.26. The van der Waals surface area contributed by atoms with Crippen molar-refractivity contribution in [1.29, 1.82) is 0 Å². The molecule has 4 nitrogen and oxygen atoms in total. The van der Waals surface area contributed by atoms with Gasteiger partial charge in [0.25, 0.3) is 0 Å². The number of hydrogen-bond donors (Lipinski definition) is 2. The summed E-state index contributed by atoms with van der Waals surface area (Å²) in [6.45, 7) is 4.58. The number of rotatable bonds is 4. The summed E-state index contributed by atoms with van der Waals surface area (Å²) in [5.41, 5.74) is 0.232. The highest BCUT2D eigenvalue weighted by atomic mass is 16.4. The molecule has 0 spiro atoms. The predicted molar refractivity (Wildman–Crippen MR) is 103 cm³/mol. The van der Waals surface area contributed by atoms with Crippen molar-refractivity contribution in [3.63, 3.8) is 0 Å². The fourth-order valence-corrected chi connectivity index (χ4v) is 7.89. The van der Waals surface area contributed by atoms with Gasteiger partial charge in [-0.15, -0.1) is 0 Å². The van der Waals surface area contributed by atoms with Gasteiger partial charge in [0.05, 0.1) is 6.10 Å². The Morgan fingerprint density at radius 2 is 1.93 bits per heavy atom. The Morgan fingerprint density at radius 3 is 2.67 bits per heavy atom. The summed E-state index contributed by atoms with van der Waals surface area (Å²) < 4.78 is 0. The highest BCUT2D eigenvalue weighted by Crippen LogP contribution is 2.63. The number of hydrogen-bond acceptors (Lipinski definition) is 3. The number of aliphatic carboxylic acids is 1. The fourth-order valence-electron chi connectivity index (χ4n) is 7.89. The van der Waals surface area contributed by atoms with Gasteiger partial charge in [0.1, 0.15) is 5.78 Å². The lowest BCUT2D eigenvalue weighted by Gasteiger charge is -2.58. The predicted octanol–water partition coefficient (Wildman–Crippen LogP) is 4.30. The van der Waals surface area contributed by atoms with E-state index in [1.54, 1.807) is 0 Å². The summed E-state index contributed by atoms with van der Waals surface area (Å²) in [6.07, 6.45) is 9.10. The number of carbonyl (C=O) groups excluding carboxylic acids is 1. The minimum atomic E-state index is -0.725. The first-order valence-electron chi connectivity index (χ1n) is 11.2. The molecule has 4 heteroatoms. The SMILES string of the molecule is CC(CCC(=O)O)C1CC[C@H]2[C@@H]3CCC4CC(O)CC[C@]4(C)[C@H]3CC(=O)[C@H]12. The lowest BCUT2D eigenvalue weighted by atomic mass is 9.46. The van der Waals surface area contributed by atoms with Crippen LogP contribution in [-0.2, 0) is 9.59 Å². The van der Waals surface area contributed by atoms with Crippen molar-refractivity contribution in [2.24, 2.45) is 46.8 Å². The molecule has 0 aromatic rings. The molecule has 0 saturated heterocycles. The maximum atomic E-state index is 13.3. The van der Waals surface area contributed by atoms with Crippen LogP contribution in [0.1, 0.15) is 78.1 Å². The lowest BCUT2D eigenvalue weighted by molar-refractivity contribution is -0.148. The monoisotopic (exact) mass is 376 g/mol. The summed E-state index contributed by atoms with van der Waals surface area (Å²) >= 11 is 0. The van der Waals surface area contributed by atoms with Crippen molar-refractivity contribution in [3.05, 3.63) is 0 Å². The van der Waals surface area contributed by atoms with Crippen molar-refractivity contribution >= 4 is 11.8 Å². The van der Waals surface area contributed by atoms with E-state index in [0.29, 0.717) is 47.7 Å². The van der Waals surface area contributed by atoms with Crippen LogP contribution in [0.15, 0.2) is 0 Å². The molecule has 4 unspecified atom stereocenters. The van der Waals surface area contributed by atoms with Crippen LogP contribution in [-0.4, -0.2) is 28.1 Å². The molecule has 4 saturated carbocycles. The largest absolute Gasteiger partial charge is 0.481 e. The number of fused-ring (bicyclic) bond motifs is 5. The van der Waals surface area contributed by atoms with E-state index in [9.17, 15) is 14.7 Å². The third-order valence-corrected chi connectivity index (χ3v) is 9.36. The molecule has 0 aromatic heterocycles. The summed E-state index contributed by atoms with van der Waals surface area (Å²) in [4.78, 5) is 24.3. The minimum Gasteiger partial charge on any atom is -0.481 e. The second-order valence-electron chi connectivity index (χ2n) is 10.5. The summed E-state index contributed by atoms with van der Waals surface area (Å²) in [5, 5.41) is 19.2. The quantitative estimate of drug-likeness (QED) is 0.767. The number of ketones is 1. The minimum absolute atomic E-state index is 0.141. The molecule has 0 aromatic carbocycles.